The van der Waals surface area contributed by atoms with E-state index in [1.54, 1.807) is 13.2 Å². The first kappa shape index (κ1) is 16.4. The van der Waals surface area contributed by atoms with Crippen molar-refractivity contribution in [3.63, 3.8) is 0 Å². The van der Waals surface area contributed by atoms with Crippen molar-refractivity contribution in [3.05, 3.63) is 53.6 Å². The van der Waals surface area contributed by atoms with Gasteiger partial charge in [-0.1, -0.05) is 11.6 Å². The topological polar surface area (TPSA) is 56.3 Å². The molecule has 1 heterocycles. The Morgan fingerprint density at radius 1 is 1.12 bits per heavy atom. The van der Waals surface area contributed by atoms with Gasteiger partial charge in [0, 0.05) is 18.2 Å². The van der Waals surface area contributed by atoms with Crippen molar-refractivity contribution in [2.24, 2.45) is 0 Å². The second kappa shape index (κ2) is 7.42. The third-order valence-electron chi connectivity index (χ3n) is 3.35. The van der Waals surface area contributed by atoms with Crippen molar-refractivity contribution >= 4 is 34.0 Å². The highest BCUT2D eigenvalue weighted by Crippen LogP contribution is 2.28. The molecular weight excluding hydrogens is 333 g/mol. The Labute approximate surface area is 143 Å². The van der Waals surface area contributed by atoms with Gasteiger partial charge in [0.25, 0.3) is 0 Å². The number of anilines is 2. The monoisotopic (exact) mass is 347 g/mol. The van der Waals surface area contributed by atoms with Gasteiger partial charge in [-0.05, 0) is 36.4 Å². The van der Waals surface area contributed by atoms with Gasteiger partial charge in [0.15, 0.2) is 0 Å². The Hall–Kier alpha value is -2.44. The Morgan fingerprint density at radius 3 is 2.79 bits per heavy atom. The standard InChI is InChI=1S/C17H15ClFN3O2/c1-23-6-7-24-12-3-5-16-13(9-12)17(21-10-20-16)22-11-2-4-15(19)14(18)8-11/h2-5,8-10H,6-7H2,1H3,(H,20,21,22). The number of benzene rings is 2. The van der Waals surface area contributed by atoms with Crippen molar-refractivity contribution < 1.29 is 13.9 Å². The Balaban J connectivity index is 1.91. The van der Waals surface area contributed by atoms with Crippen LogP contribution in [0.15, 0.2) is 42.7 Å². The van der Waals surface area contributed by atoms with Gasteiger partial charge in [0.05, 0.1) is 17.1 Å². The molecule has 0 aliphatic carbocycles. The molecule has 1 N–H and O–H groups in total. The highest BCUT2D eigenvalue weighted by molar-refractivity contribution is 6.31. The summed E-state index contributed by atoms with van der Waals surface area (Å²) >= 11 is 5.81. The maximum atomic E-state index is 13.3. The van der Waals surface area contributed by atoms with Crippen molar-refractivity contribution in [1.82, 2.24) is 9.97 Å². The highest BCUT2D eigenvalue weighted by atomic mass is 35.5. The summed E-state index contributed by atoms with van der Waals surface area (Å²) in [6.07, 6.45) is 1.46. The van der Waals surface area contributed by atoms with Gasteiger partial charge in [0.2, 0.25) is 0 Å². The average Bonchev–Trinajstić information content (AvgIpc) is 2.59. The number of hydrogen-bond acceptors (Lipinski definition) is 5. The molecule has 24 heavy (non-hydrogen) atoms. The van der Waals surface area contributed by atoms with Crippen LogP contribution in [-0.2, 0) is 4.74 Å². The molecule has 0 spiro atoms. The normalized spacial score (nSPS) is 10.8. The van der Waals surface area contributed by atoms with Crippen molar-refractivity contribution in [2.75, 3.05) is 25.6 Å². The number of halogens is 2. The third-order valence-corrected chi connectivity index (χ3v) is 3.63. The van der Waals surface area contributed by atoms with Gasteiger partial charge in [-0.3, -0.25) is 0 Å². The Kier molecular flexibility index (Phi) is 5.08. The van der Waals surface area contributed by atoms with Crippen LogP contribution in [0.5, 0.6) is 5.75 Å². The zero-order chi connectivity index (χ0) is 16.9. The average molecular weight is 348 g/mol. The molecule has 3 rings (SSSR count). The van der Waals surface area contributed by atoms with E-state index in [2.05, 4.69) is 15.3 Å². The number of fused-ring (bicyclic) bond motifs is 1. The molecule has 0 fully saturated rings. The lowest BCUT2D eigenvalue weighted by atomic mass is 10.2. The number of ether oxygens (including phenoxy) is 2. The summed E-state index contributed by atoms with van der Waals surface area (Å²) in [6.45, 7) is 0.953. The summed E-state index contributed by atoms with van der Waals surface area (Å²) in [6, 6.07) is 9.93. The van der Waals surface area contributed by atoms with Crippen LogP contribution in [0.2, 0.25) is 5.02 Å². The van der Waals surface area contributed by atoms with Crippen molar-refractivity contribution in [3.8, 4) is 5.75 Å². The van der Waals surface area contributed by atoms with E-state index in [9.17, 15) is 4.39 Å². The van der Waals surface area contributed by atoms with E-state index in [1.807, 2.05) is 18.2 Å². The van der Waals surface area contributed by atoms with Gasteiger partial charge in [-0.25, -0.2) is 14.4 Å². The smallest absolute Gasteiger partial charge is 0.141 e. The van der Waals surface area contributed by atoms with Gasteiger partial charge in [-0.15, -0.1) is 0 Å². The largest absolute Gasteiger partial charge is 0.491 e. The van der Waals surface area contributed by atoms with E-state index >= 15 is 0 Å². The van der Waals surface area contributed by atoms with Crippen LogP contribution < -0.4 is 10.1 Å². The quantitative estimate of drug-likeness (QED) is 0.677. The van der Waals surface area contributed by atoms with E-state index < -0.39 is 5.82 Å². The molecule has 0 aliphatic rings. The molecule has 2 aromatic carbocycles. The van der Waals surface area contributed by atoms with Crippen LogP contribution in [0, 0.1) is 5.82 Å². The fraction of sp³-hybridized carbons (Fsp3) is 0.176. The van der Waals surface area contributed by atoms with E-state index in [0.29, 0.717) is 30.5 Å². The first-order valence-corrected chi connectivity index (χ1v) is 7.64. The second-order valence-electron chi connectivity index (χ2n) is 5.00. The molecule has 0 saturated heterocycles. The van der Waals surface area contributed by atoms with Crippen LogP contribution in [-0.4, -0.2) is 30.3 Å². The molecule has 3 aromatic rings. The number of hydrogen-bond donors (Lipinski definition) is 1. The summed E-state index contributed by atoms with van der Waals surface area (Å²) in [5.74, 6) is 0.804. The molecule has 0 bridgehead atoms. The van der Waals surface area contributed by atoms with Crippen LogP contribution in [0.3, 0.4) is 0 Å². The molecule has 5 nitrogen and oxygen atoms in total. The van der Waals surface area contributed by atoms with Crippen molar-refractivity contribution in [1.29, 1.82) is 0 Å². The number of nitrogens with one attached hydrogen (secondary N) is 1. The van der Waals surface area contributed by atoms with Gasteiger partial charge in [-0.2, -0.15) is 0 Å². The molecule has 0 unspecified atom stereocenters. The maximum Gasteiger partial charge on any atom is 0.141 e. The molecule has 0 aliphatic heterocycles. The van der Waals surface area contributed by atoms with Crippen LogP contribution in [0.25, 0.3) is 10.9 Å². The lowest BCUT2D eigenvalue weighted by Gasteiger charge is -2.11. The fourth-order valence-corrected chi connectivity index (χ4v) is 2.36. The SMILES string of the molecule is COCCOc1ccc2ncnc(Nc3ccc(F)c(Cl)c3)c2c1. The molecule has 0 saturated carbocycles. The van der Waals surface area contributed by atoms with Crippen molar-refractivity contribution in [2.45, 2.75) is 0 Å². The fourth-order valence-electron chi connectivity index (χ4n) is 2.18. The molecule has 7 heteroatoms. The molecule has 0 radical (unpaired) electrons. The first-order valence-electron chi connectivity index (χ1n) is 7.26. The lowest BCUT2D eigenvalue weighted by Crippen LogP contribution is -2.04. The van der Waals surface area contributed by atoms with Gasteiger partial charge >= 0.3 is 0 Å². The number of methoxy groups -OCH3 is 1. The van der Waals surface area contributed by atoms with Gasteiger partial charge < -0.3 is 14.8 Å². The molecule has 0 atom stereocenters. The van der Waals surface area contributed by atoms with E-state index in [4.69, 9.17) is 21.1 Å². The number of rotatable bonds is 6. The second-order valence-corrected chi connectivity index (χ2v) is 5.40. The van der Waals surface area contributed by atoms with E-state index in [-0.39, 0.29) is 5.02 Å². The minimum Gasteiger partial charge on any atom is -0.491 e. The Morgan fingerprint density at radius 2 is 2.00 bits per heavy atom. The lowest BCUT2D eigenvalue weighted by molar-refractivity contribution is 0.146. The summed E-state index contributed by atoms with van der Waals surface area (Å²) < 4.78 is 23.9. The summed E-state index contributed by atoms with van der Waals surface area (Å²) in [5, 5.41) is 3.96. The van der Waals surface area contributed by atoms with E-state index in [0.717, 1.165) is 10.9 Å². The molecule has 124 valence electrons. The van der Waals surface area contributed by atoms with E-state index in [1.165, 1.54) is 18.5 Å². The van der Waals surface area contributed by atoms with Crippen LogP contribution in [0.1, 0.15) is 0 Å². The molecule has 1 aromatic heterocycles. The zero-order valence-corrected chi connectivity index (χ0v) is 13.7. The van der Waals surface area contributed by atoms with Crippen LogP contribution in [0.4, 0.5) is 15.9 Å². The Bertz CT molecular complexity index is 860. The molecular formula is C17H15ClFN3O2. The summed E-state index contributed by atoms with van der Waals surface area (Å²) in [5.41, 5.74) is 1.40. The van der Waals surface area contributed by atoms with Crippen LogP contribution >= 0.6 is 11.6 Å². The summed E-state index contributed by atoms with van der Waals surface area (Å²) in [7, 11) is 1.62. The highest BCUT2D eigenvalue weighted by Gasteiger charge is 2.08. The van der Waals surface area contributed by atoms with Gasteiger partial charge in [0.1, 0.15) is 30.3 Å². The zero-order valence-electron chi connectivity index (χ0n) is 12.9. The number of nitrogens with zero attached hydrogens (tertiary/aromatic N) is 2. The number of aromatic nitrogens is 2. The predicted octanol–water partition coefficient (Wildman–Crippen LogP) is 4.19. The predicted molar refractivity (Wildman–Crippen MR) is 91.6 cm³/mol. The summed E-state index contributed by atoms with van der Waals surface area (Å²) in [4.78, 5) is 8.49. The minimum atomic E-state index is -0.469. The minimum absolute atomic E-state index is 0.0435. The maximum absolute atomic E-state index is 13.3. The first-order chi connectivity index (χ1) is 11.7. The molecule has 0 amide bonds. The third kappa shape index (κ3) is 3.72.